The van der Waals surface area contributed by atoms with E-state index in [2.05, 4.69) is 11.8 Å². The minimum absolute atomic E-state index is 0.0591. The lowest BCUT2D eigenvalue weighted by Crippen LogP contribution is -2.50. The highest BCUT2D eigenvalue weighted by Crippen LogP contribution is 2.42. The number of ether oxygens (including phenoxy) is 1. The van der Waals surface area contributed by atoms with E-state index in [1.165, 1.54) is 0 Å². The maximum absolute atomic E-state index is 13.3. The summed E-state index contributed by atoms with van der Waals surface area (Å²) in [6.07, 6.45) is 6.77. The third-order valence-corrected chi connectivity index (χ3v) is 6.41. The summed E-state index contributed by atoms with van der Waals surface area (Å²) in [6.45, 7) is 2.22. The molecule has 144 valence electrons. The number of hydrogen-bond donors (Lipinski definition) is 1. The molecule has 4 nitrogen and oxygen atoms in total. The highest BCUT2D eigenvalue weighted by Gasteiger charge is 2.49. The molecule has 4 heteroatoms. The molecule has 4 atom stereocenters. The second-order valence-corrected chi connectivity index (χ2v) is 8.51. The van der Waals surface area contributed by atoms with E-state index in [1.54, 1.807) is 0 Å². The van der Waals surface area contributed by atoms with Gasteiger partial charge in [0.2, 0.25) is 0 Å². The Morgan fingerprint density at radius 1 is 1.12 bits per heavy atom. The summed E-state index contributed by atoms with van der Waals surface area (Å²) >= 11 is 0. The van der Waals surface area contributed by atoms with Crippen molar-refractivity contribution in [1.29, 1.82) is 0 Å². The standard InChI is InChI=1S/C22H33NO3/c1-16-13-14-19(23(2)3)20(15-16)26-21(24)22(25,18-11-7-8-12-18)17-9-5-4-6-10-17/h4-6,9-10,16,18-20,25H,7-8,11-15H2,1-3H3/t16?,19?,20-,22+/m1/s1. The zero-order valence-corrected chi connectivity index (χ0v) is 16.4. The number of carbonyl (C=O) groups is 1. The molecule has 1 aromatic carbocycles. The summed E-state index contributed by atoms with van der Waals surface area (Å²) in [4.78, 5) is 15.5. The van der Waals surface area contributed by atoms with Crippen LogP contribution in [0.15, 0.2) is 30.3 Å². The lowest BCUT2D eigenvalue weighted by Gasteiger charge is -2.40. The molecule has 0 aliphatic heterocycles. The van der Waals surface area contributed by atoms with Crippen molar-refractivity contribution in [3.8, 4) is 0 Å². The van der Waals surface area contributed by atoms with E-state index >= 15 is 0 Å². The molecule has 0 amide bonds. The van der Waals surface area contributed by atoms with Crippen LogP contribution in [0.3, 0.4) is 0 Å². The van der Waals surface area contributed by atoms with Gasteiger partial charge in [-0.2, -0.15) is 0 Å². The first-order valence-electron chi connectivity index (χ1n) is 10.1. The zero-order chi connectivity index (χ0) is 18.7. The van der Waals surface area contributed by atoms with Gasteiger partial charge >= 0.3 is 5.97 Å². The Labute approximate surface area is 157 Å². The SMILES string of the molecule is CC1CCC(N(C)C)[C@H](OC(=O)[C@](O)(c2ccccc2)C2CCCC2)C1. The fourth-order valence-electron chi connectivity index (χ4n) is 4.81. The largest absolute Gasteiger partial charge is 0.458 e. The van der Waals surface area contributed by atoms with Gasteiger partial charge in [0.25, 0.3) is 0 Å². The number of benzene rings is 1. The molecule has 0 spiro atoms. The fraction of sp³-hybridized carbons (Fsp3) is 0.682. The molecule has 2 aliphatic rings. The molecule has 0 radical (unpaired) electrons. The summed E-state index contributed by atoms with van der Waals surface area (Å²) in [5.41, 5.74) is -0.864. The van der Waals surface area contributed by atoms with Gasteiger partial charge in [-0.3, -0.25) is 0 Å². The van der Waals surface area contributed by atoms with Crippen molar-refractivity contribution in [3.05, 3.63) is 35.9 Å². The van der Waals surface area contributed by atoms with E-state index < -0.39 is 11.6 Å². The van der Waals surface area contributed by atoms with Crippen molar-refractivity contribution in [3.63, 3.8) is 0 Å². The summed E-state index contributed by atoms with van der Waals surface area (Å²) in [6, 6.07) is 9.61. The van der Waals surface area contributed by atoms with Crippen molar-refractivity contribution in [2.45, 2.75) is 69.6 Å². The molecular formula is C22H33NO3. The molecule has 0 heterocycles. The third kappa shape index (κ3) is 3.81. The van der Waals surface area contributed by atoms with Gasteiger partial charge < -0.3 is 14.7 Å². The van der Waals surface area contributed by atoms with Crippen molar-refractivity contribution >= 4 is 5.97 Å². The zero-order valence-electron chi connectivity index (χ0n) is 16.4. The Bertz CT molecular complexity index is 597. The van der Waals surface area contributed by atoms with Crippen LogP contribution < -0.4 is 0 Å². The summed E-state index contributed by atoms with van der Waals surface area (Å²) in [7, 11) is 4.09. The predicted molar refractivity (Wildman–Crippen MR) is 103 cm³/mol. The van der Waals surface area contributed by atoms with Gasteiger partial charge in [0, 0.05) is 12.0 Å². The Hall–Kier alpha value is -1.39. The molecule has 0 aromatic heterocycles. The van der Waals surface area contributed by atoms with Crippen LogP contribution in [0.1, 0.15) is 57.4 Å². The van der Waals surface area contributed by atoms with Crippen LogP contribution in [-0.2, 0) is 15.1 Å². The number of esters is 1. The van der Waals surface area contributed by atoms with Gasteiger partial charge in [-0.25, -0.2) is 4.79 Å². The molecule has 2 aliphatic carbocycles. The molecule has 3 rings (SSSR count). The summed E-state index contributed by atoms with van der Waals surface area (Å²) in [5.74, 6) is 0.0260. The molecule has 2 fully saturated rings. The minimum atomic E-state index is -1.53. The average molecular weight is 360 g/mol. The minimum Gasteiger partial charge on any atom is -0.458 e. The van der Waals surface area contributed by atoms with E-state index in [-0.39, 0.29) is 18.1 Å². The van der Waals surface area contributed by atoms with Gasteiger partial charge in [0.1, 0.15) is 6.10 Å². The van der Waals surface area contributed by atoms with Crippen LogP contribution in [-0.4, -0.2) is 42.2 Å². The highest BCUT2D eigenvalue weighted by molar-refractivity contribution is 5.81. The van der Waals surface area contributed by atoms with Gasteiger partial charge in [0.05, 0.1) is 0 Å². The van der Waals surface area contributed by atoms with Crippen LogP contribution in [0, 0.1) is 11.8 Å². The predicted octanol–water partition coefficient (Wildman–Crippen LogP) is 3.73. The van der Waals surface area contributed by atoms with Gasteiger partial charge in [-0.05, 0) is 57.7 Å². The molecule has 0 saturated heterocycles. The number of nitrogens with zero attached hydrogens (tertiary/aromatic N) is 1. The first kappa shape index (κ1) is 19.4. The van der Waals surface area contributed by atoms with Crippen molar-refractivity contribution in [2.24, 2.45) is 11.8 Å². The third-order valence-electron chi connectivity index (χ3n) is 6.41. The van der Waals surface area contributed by atoms with Gasteiger partial charge in [0.15, 0.2) is 5.60 Å². The van der Waals surface area contributed by atoms with Crippen LogP contribution in [0.25, 0.3) is 0 Å². The number of likely N-dealkylation sites (N-methyl/N-ethyl adjacent to an activating group) is 1. The van der Waals surface area contributed by atoms with E-state index in [4.69, 9.17) is 4.74 Å². The van der Waals surface area contributed by atoms with Crippen LogP contribution in [0.4, 0.5) is 0 Å². The van der Waals surface area contributed by atoms with Crippen LogP contribution >= 0.6 is 0 Å². The summed E-state index contributed by atoms with van der Waals surface area (Å²) in [5, 5.41) is 11.6. The van der Waals surface area contributed by atoms with E-state index in [9.17, 15) is 9.90 Å². The lowest BCUT2D eigenvalue weighted by molar-refractivity contribution is -0.184. The van der Waals surface area contributed by atoms with Crippen LogP contribution in [0.5, 0.6) is 0 Å². The molecule has 26 heavy (non-hydrogen) atoms. The molecule has 2 unspecified atom stereocenters. The maximum Gasteiger partial charge on any atom is 0.343 e. The average Bonchev–Trinajstić information content (AvgIpc) is 3.16. The Kier molecular flexibility index (Phi) is 6.03. The first-order chi connectivity index (χ1) is 12.4. The topological polar surface area (TPSA) is 49.8 Å². The first-order valence-corrected chi connectivity index (χ1v) is 10.1. The van der Waals surface area contributed by atoms with E-state index in [0.29, 0.717) is 11.5 Å². The van der Waals surface area contributed by atoms with Crippen molar-refractivity contribution in [2.75, 3.05) is 14.1 Å². The molecule has 1 aromatic rings. The second-order valence-electron chi connectivity index (χ2n) is 8.51. The Morgan fingerprint density at radius 2 is 1.77 bits per heavy atom. The number of carbonyl (C=O) groups excluding carboxylic acids is 1. The molecular weight excluding hydrogens is 326 g/mol. The molecule has 1 N–H and O–H groups in total. The highest BCUT2D eigenvalue weighted by atomic mass is 16.6. The summed E-state index contributed by atoms with van der Waals surface area (Å²) < 4.78 is 6.04. The quantitative estimate of drug-likeness (QED) is 0.814. The second kappa shape index (κ2) is 8.10. The molecule has 2 saturated carbocycles. The van der Waals surface area contributed by atoms with Crippen LogP contribution in [0.2, 0.25) is 0 Å². The number of hydrogen-bond acceptors (Lipinski definition) is 4. The Balaban J connectivity index is 1.85. The Morgan fingerprint density at radius 3 is 2.38 bits per heavy atom. The normalized spacial score (nSPS) is 29.5. The fourth-order valence-corrected chi connectivity index (χ4v) is 4.81. The smallest absolute Gasteiger partial charge is 0.343 e. The molecule has 0 bridgehead atoms. The van der Waals surface area contributed by atoms with E-state index in [0.717, 1.165) is 44.9 Å². The number of aliphatic hydroxyl groups is 1. The lowest BCUT2D eigenvalue weighted by atomic mass is 9.79. The van der Waals surface area contributed by atoms with E-state index in [1.807, 2.05) is 44.4 Å². The van der Waals surface area contributed by atoms with Crippen molar-refractivity contribution < 1.29 is 14.6 Å². The monoisotopic (exact) mass is 359 g/mol. The van der Waals surface area contributed by atoms with Gasteiger partial charge in [-0.1, -0.05) is 50.1 Å². The number of rotatable bonds is 5. The maximum atomic E-state index is 13.3. The van der Waals surface area contributed by atoms with Gasteiger partial charge in [-0.15, -0.1) is 0 Å². The van der Waals surface area contributed by atoms with Crippen molar-refractivity contribution in [1.82, 2.24) is 4.90 Å².